The van der Waals surface area contributed by atoms with Crippen LogP contribution in [-0.2, 0) is 22.1 Å². The average molecular weight is 431 g/mol. The van der Waals surface area contributed by atoms with Gasteiger partial charge in [0, 0.05) is 23.5 Å². The number of nitrogens with two attached hydrogens (primary N) is 1. The van der Waals surface area contributed by atoms with Gasteiger partial charge in [-0.2, -0.15) is 0 Å². The lowest BCUT2D eigenvalue weighted by molar-refractivity contribution is 0.0999. The third-order valence-corrected chi connectivity index (χ3v) is 5.11. The van der Waals surface area contributed by atoms with E-state index in [-0.39, 0.29) is 29.8 Å². The van der Waals surface area contributed by atoms with E-state index in [4.69, 9.17) is 27.1 Å². The molecule has 0 bridgehead atoms. The van der Waals surface area contributed by atoms with Gasteiger partial charge in [-0.25, -0.2) is 4.57 Å². The maximum absolute atomic E-state index is 12.2. The van der Waals surface area contributed by atoms with Crippen LogP contribution in [0.4, 0.5) is 0 Å². The largest absolute Gasteiger partial charge is 0.506 e. The Kier molecular flexibility index (Phi) is 6.96. The molecule has 0 spiro atoms. The Balaban J connectivity index is 2.66. The molecule has 2 rings (SSSR count). The van der Waals surface area contributed by atoms with Crippen molar-refractivity contribution < 1.29 is 28.8 Å². The van der Waals surface area contributed by atoms with Crippen molar-refractivity contribution in [1.29, 1.82) is 0 Å². The fourth-order valence-corrected chi connectivity index (χ4v) is 3.73. The highest BCUT2D eigenvalue weighted by molar-refractivity contribution is 7.46. The highest BCUT2D eigenvalue weighted by Gasteiger charge is 2.26. The van der Waals surface area contributed by atoms with Crippen molar-refractivity contribution in [2.75, 3.05) is 6.61 Å². The number of rotatable bonds is 8. The first-order valence-electron chi connectivity index (χ1n) is 8.63. The number of amides is 1. The number of primary amides is 1. The summed E-state index contributed by atoms with van der Waals surface area (Å²) in [6.07, 6.45) is 0.581. The third kappa shape index (κ3) is 5.16. The molecule has 154 valence electrons. The topological polar surface area (TPSA) is 135 Å². The van der Waals surface area contributed by atoms with Crippen LogP contribution >= 0.6 is 19.4 Å². The highest BCUT2D eigenvalue weighted by Crippen LogP contribution is 2.38. The van der Waals surface area contributed by atoms with E-state index < -0.39 is 13.7 Å². The molecule has 0 unspecified atom stereocenters. The molecule has 8 nitrogen and oxygen atoms in total. The van der Waals surface area contributed by atoms with Gasteiger partial charge >= 0.3 is 7.82 Å². The summed E-state index contributed by atoms with van der Waals surface area (Å²) >= 11 is 6.05. The predicted molar refractivity (Wildman–Crippen MR) is 106 cm³/mol. The molecule has 0 saturated heterocycles. The quantitative estimate of drug-likeness (QED) is 0.475. The predicted octanol–water partition coefficient (Wildman–Crippen LogP) is 3.23. The Labute approximate surface area is 168 Å². The summed E-state index contributed by atoms with van der Waals surface area (Å²) in [6, 6.07) is 4.63. The van der Waals surface area contributed by atoms with E-state index >= 15 is 0 Å². The van der Waals surface area contributed by atoms with Gasteiger partial charge in [0.25, 0.3) is 5.91 Å². The second-order valence-electron chi connectivity index (χ2n) is 6.89. The fourth-order valence-electron chi connectivity index (χ4n) is 3.23. The molecule has 0 aliphatic heterocycles. The number of hydrogen-bond acceptors (Lipinski definition) is 4. The second kappa shape index (κ2) is 8.68. The molecule has 28 heavy (non-hydrogen) atoms. The molecule has 0 aliphatic rings. The van der Waals surface area contributed by atoms with Gasteiger partial charge in [0.15, 0.2) is 0 Å². The molecule has 1 amide bonds. The lowest BCUT2D eigenvalue weighted by Gasteiger charge is -2.15. The Hall–Kier alpha value is -1.83. The number of hydrogen-bond donors (Lipinski definition) is 4. The van der Waals surface area contributed by atoms with E-state index in [9.17, 15) is 14.5 Å². The Bertz CT molecular complexity index is 935. The maximum Gasteiger partial charge on any atom is 0.469 e. The summed E-state index contributed by atoms with van der Waals surface area (Å²) in [4.78, 5) is 30.1. The zero-order chi connectivity index (χ0) is 21.2. The SMILES string of the molecule is Cc1c(C(N)=O)c(-c2ccc(O)c(Cl)c2)c(CC(C)C)n1CCOP(=O)(O)O. The molecule has 5 N–H and O–H groups in total. The molecule has 1 aromatic heterocycles. The normalized spacial score (nSPS) is 12.0. The van der Waals surface area contributed by atoms with E-state index in [2.05, 4.69) is 4.52 Å². The van der Waals surface area contributed by atoms with Crippen molar-refractivity contribution in [3.8, 4) is 16.9 Å². The molecular weight excluding hydrogens is 407 g/mol. The zero-order valence-corrected chi connectivity index (χ0v) is 17.5. The molecular formula is C18H24ClN2O6P. The van der Waals surface area contributed by atoms with Gasteiger partial charge < -0.3 is 25.2 Å². The van der Waals surface area contributed by atoms with Gasteiger partial charge in [-0.3, -0.25) is 9.32 Å². The van der Waals surface area contributed by atoms with E-state index in [0.29, 0.717) is 28.8 Å². The second-order valence-corrected chi connectivity index (χ2v) is 8.53. The van der Waals surface area contributed by atoms with E-state index in [1.165, 1.54) is 6.07 Å². The first-order chi connectivity index (χ1) is 12.9. The smallest absolute Gasteiger partial charge is 0.469 e. The summed E-state index contributed by atoms with van der Waals surface area (Å²) in [5.74, 6) is -0.484. The number of halogens is 1. The number of carbonyl (C=O) groups is 1. The van der Waals surface area contributed by atoms with Gasteiger partial charge in [-0.1, -0.05) is 31.5 Å². The third-order valence-electron chi connectivity index (χ3n) is 4.29. The molecule has 1 aromatic carbocycles. The maximum atomic E-state index is 12.2. The summed E-state index contributed by atoms with van der Waals surface area (Å²) in [6.45, 7) is 5.63. The monoisotopic (exact) mass is 430 g/mol. The van der Waals surface area contributed by atoms with E-state index in [1.807, 2.05) is 13.8 Å². The van der Waals surface area contributed by atoms with Crippen molar-refractivity contribution in [2.45, 2.75) is 33.7 Å². The first kappa shape index (κ1) is 22.5. The van der Waals surface area contributed by atoms with Crippen LogP contribution in [-0.4, -0.2) is 32.0 Å². The van der Waals surface area contributed by atoms with Crippen LogP contribution in [0.15, 0.2) is 18.2 Å². The number of phenols is 1. The minimum Gasteiger partial charge on any atom is -0.506 e. The molecule has 2 aromatic rings. The summed E-state index contributed by atoms with van der Waals surface area (Å²) in [7, 11) is -4.60. The van der Waals surface area contributed by atoms with Crippen LogP contribution < -0.4 is 5.73 Å². The molecule has 1 heterocycles. The summed E-state index contributed by atoms with van der Waals surface area (Å²) < 4.78 is 17.3. The summed E-state index contributed by atoms with van der Waals surface area (Å²) in [5, 5.41) is 9.85. The van der Waals surface area contributed by atoms with E-state index in [1.54, 1.807) is 23.6 Å². The summed E-state index contributed by atoms with van der Waals surface area (Å²) in [5.41, 5.74) is 8.49. The highest BCUT2D eigenvalue weighted by atomic mass is 35.5. The zero-order valence-electron chi connectivity index (χ0n) is 15.8. The van der Waals surface area contributed by atoms with Gasteiger partial charge in [-0.15, -0.1) is 0 Å². The number of phenolic OH excluding ortho intramolecular Hbond substituents is 1. The molecule has 0 fully saturated rings. The number of aromatic hydroxyl groups is 1. The molecule has 0 radical (unpaired) electrons. The molecule has 0 atom stereocenters. The van der Waals surface area contributed by atoms with Crippen LogP contribution in [0.25, 0.3) is 11.1 Å². The standard InChI is InChI=1S/C18H24ClN2O6P/c1-10(2)8-14-17(12-4-5-15(22)13(19)9-12)16(18(20)23)11(3)21(14)6-7-27-28(24,25)26/h4-5,9-10,22H,6-8H2,1-3H3,(H2,20,23)(H2,24,25,26). The van der Waals surface area contributed by atoms with Crippen LogP contribution in [0.2, 0.25) is 5.02 Å². The van der Waals surface area contributed by atoms with Crippen molar-refractivity contribution in [3.05, 3.63) is 40.2 Å². The Morgan fingerprint density at radius 1 is 1.36 bits per heavy atom. The van der Waals surface area contributed by atoms with Crippen molar-refractivity contribution >= 4 is 25.3 Å². The minimum atomic E-state index is -4.60. The number of nitrogens with zero attached hydrogens (tertiary/aromatic N) is 1. The number of carbonyl (C=O) groups excluding carboxylic acids is 1. The van der Waals surface area contributed by atoms with Crippen molar-refractivity contribution in [2.24, 2.45) is 11.7 Å². The lowest BCUT2D eigenvalue weighted by Crippen LogP contribution is -2.14. The number of phosphoric acid groups is 1. The number of benzene rings is 1. The van der Waals surface area contributed by atoms with Gasteiger partial charge in [-0.05, 0) is 37.0 Å². The van der Waals surface area contributed by atoms with Crippen molar-refractivity contribution in [1.82, 2.24) is 4.57 Å². The molecule has 10 heteroatoms. The average Bonchev–Trinajstić information content (AvgIpc) is 2.81. The van der Waals surface area contributed by atoms with Gasteiger partial charge in [0.05, 0.1) is 17.2 Å². The fraction of sp³-hybridized carbons (Fsp3) is 0.389. The number of phosphoric ester groups is 1. The van der Waals surface area contributed by atoms with Crippen LogP contribution in [0.1, 0.15) is 35.6 Å². The van der Waals surface area contributed by atoms with Gasteiger partial charge in [0.1, 0.15) is 5.75 Å². The molecule has 0 saturated carbocycles. The van der Waals surface area contributed by atoms with Crippen LogP contribution in [0, 0.1) is 12.8 Å². The first-order valence-corrected chi connectivity index (χ1v) is 10.5. The van der Waals surface area contributed by atoms with Gasteiger partial charge in [0.2, 0.25) is 0 Å². The van der Waals surface area contributed by atoms with E-state index in [0.717, 1.165) is 5.69 Å². The van der Waals surface area contributed by atoms with Crippen LogP contribution in [0.5, 0.6) is 5.75 Å². The Morgan fingerprint density at radius 3 is 2.50 bits per heavy atom. The number of aromatic nitrogens is 1. The Morgan fingerprint density at radius 2 is 2.00 bits per heavy atom. The van der Waals surface area contributed by atoms with Crippen molar-refractivity contribution in [3.63, 3.8) is 0 Å². The van der Waals surface area contributed by atoms with Crippen LogP contribution in [0.3, 0.4) is 0 Å². The molecule has 0 aliphatic carbocycles. The lowest BCUT2D eigenvalue weighted by atomic mass is 9.96. The minimum absolute atomic E-state index is 0.0809.